The molecule has 1 nitrogen and oxygen atoms in total. The van der Waals surface area contributed by atoms with Crippen LogP contribution in [-0.4, -0.2) is 4.98 Å². The van der Waals surface area contributed by atoms with Crippen LogP contribution in [0.1, 0.15) is 37.7 Å². The van der Waals surface area contributed by atoms with Crippen molar-refractivity contribution in [2.45, 2.75) is 37.5 Å². The molecule has 0 amide bonds. The molecule has 0 aliphatic heterocycles. The van der Waals surface area contributed by atoms with Gasteiger partial charge in [0.2, 0.25) is 0 Å². The Morgan fingerprint density at radius 3 is 2.50 bits per heavy atom. The largest absolute Gasteiger partial charge is 0.304 e. The van der Waals surface area contributed by atoms with Gasteiger partial charge in [0.15, 0.2) is 0 Å². The van der Waals surface area contributed by atoms with Gasteiger partial charge in [-0.3, -0.25) is 0 Å². The summed E-state index contributed by atoms with van der Waals surface area (Å²) in [5, 5.41) is 0. The van der Waals surface area contributed by atoms with E-state index < -0.39 is 0 Å². The van der Waals surface area contributed by atoms with E-state index in [0.717, 1.165) is 17.2 Å². The van der Waals surface area contributed by atoms with Gasteiger partial charge in [-0.2, -0.15) is 0 Å². The molecule has 4 rings (SSSR count). The van der Waals surface area contributed by atoms with Crippen molar-refractivity contribution in [3.05, 3.63) is 54.2 Å². The van der Waals surface area contributed by atoms with E-state index >= 15 is 0 Å². The fourth-order valence-corrected chi connectivity index (χ4v) is 4.02. The fraction of sp³-hybridized carbons (Fsp3) is 0.389. The number of nitrogens with zero attached hydrogens (tertiary/aromatic N) is 1. The molecule has 0 N–H and O–H groups in total. The molecular weight excluding hydrogens is 422 g/mol. The number of fused-ring (bicyclic) bond motifs is 2. The molecule has 1 aromatic carbocycles. The summed E-state index contributed by atoms with van der Waals surface area (Å²) in [5.41, 5.74) is 4.05. The quantitative estimate of drug-likeness (QED) is 0.632. The summed E-state index contributed by atoms with van der Waals surface area (Å²) < 4.78 is 0. The van der Waals surface area contributed by atoms with Crippen molar-refractivity contribution in [1.82, 2.24) is 4.98 Å². The maximum absolute atomic E-state index is 4.67. The first-order chi connectivity index (χ1) is 9.36. The summed E-state index contributed by atoms with van der Waals surface area (Å²) in [4.78, 5) is 4.67. The number of aromatic nitrogens is 1. The van der Waals surface area contributed by atoms with E-state index in [9.17, 15) is 0 Å². The molecule has 20 heavy (non-hydrogen) atoms. The van der Waals surface area contributed by atoms with Gasteiger partial charge in [-0.05, 0) is 54.7 Å². The van der Waals surface area contributed by atoms with Crippen molar-refractivity contribution < 1.29 is 20.1 Å². The van der Waals surface area contributed by atoms with Gasteiger partial charge in [-0.25, -0.2) is 0 Å². The minimum absolute atomic E-state index is 0. The molecule has 0 saturated heterocycles. The van der Waals surface area contributed by atoms with Crippen molar-refractivity contribution in [2.75, 3.05) is 0 Å². The minimum Gasteiger partial charge on any atom is -0.304 e. The molecule has 2 fully saturated rings. The summed E-state index contributed by atoms with van der Waals surface area (Å²) >= 11 is 0. The predicted molar refractivity (Wildman–Crippen MR) is 76.8 cm³/mol. The zero-order valence-electron chi connectivity index (χ0n) is 11.4. The molecule has 2 saturated carbocycles. The SMILES string of the molecule is [Ir].[c-]1ccccc1-c1ccc(C23CCC(CC2)C3)cn1. The van der Waals surface area contributed by atoms with Crippen LogP contribution in [0.3, 0.4) is 0 Å². The zero-order valence-corrected chi connectivity index (χ0v) is 13.8. The van der Waals surface area contributed by atoms with Crippen molar-refractivity contribution in [1.29, 1.82) is 0 Å². The standard InChI is InChI=1S/C18H18N.Ir/c1-2-4-15(5-3-1)17-7-6-16(13-19-17)18-10-8-14(12-18)9-11-18;/h1-4,6-7,13-14H,8-12H2;/q-1;. The van der Waals surface area contributed by atoms with Gasteiger partial charge in [0.05, 0.1) is 0 Å². The molecule has 2 bridgehead atoms. The first kappa shape index (κ1) is 14.0. The van der Waals surface area contributed by atoms with E-state index in [-0.39, 0.29) is 20.1 Å². The number of hydrogen-bond donors (Lipinski definition) is 0. The van der Waals surface area contributed by atoms with Crippen molar-refractivity contribution in [3.63, 3.8) is 0 Å². The zero-order chi connectivity index (χ0) is 12.7. The average Bonchev–Trinajstić information content (AvgIpc) is 3.10. The molecule has 2 heteroatoms. The van der Waals surface area contributed by atoms with Gasteiger partial charge in [0.25, 0.3) is 0 Å². The first-order valence-electron chi connectivity index (χ1n) is 7.29. The second kappa shape index (κ2) is 5.42. The van der Waals surface area contributed by atoms with Crippen LogP contribution in [0.2, 0.25) is 0 Å². The normalized spacial score (nSPS) is 27.3. The molecule has 1 aromatic heterocycles. The molecule has 0 spiro atoms. The second-order valence-corrected chi connectivity index (χ2v) is 6.14. The van der Waals surface area contributed by atoms with Gasteiger partial charge in [0, 0.05) is 26.3 Å². The van der Waals surface area contributed by atoms with Crippen LogP contribution in [0.5, 0.6) is 0 Å². The van der Waals surface area contributed by atoms with Crippen molar-refractivity contribution >= 4 is 0 Å². The van der Waals surface area contributed by atoms with Gasteiger partial charge in [-0.1, -0.05) is 12.1 Å². The Kier molecular flexibility index (Phi) is 3.79. The summed E-state index contributed by atoms with van der Waals surface area (Å²) in [5.74, 6) is 0.988. The van der Waals surface area contributed by atoms with E-state index in [0.29, 0.717) is 5.41 Å². The molecule has 2 aromatic rings. The third kappa shape index (κ3) is 2.25. The molecule has 1 heterocycles. The fourth-order valence-electron chi connectivity index (χ4n) is 4.02. The third-order valence-electron chi connectivity index (χ3n) is 5.10. The Bertz CT molecular complexity index is 568. The van der Waals surface area contributed by atoms with E-state index in [2.05, 4.69) is 35.4 Å². The number of hydrogen-bond acceptors (Lipinski definition) is 1. The van der Waals surface area contributed by atoms with Crippen LogP contribution in [-0.2, 0) is 25.5 Å². The van der Waals surface area contributed by atoms with Crippen LogP contribution in [0, 0.1) is 12.0 Å². The summed E-state index contributed by atoms with van der Waals surface area (Å²) in [7, 11) is 0. The molecule has 105 valence electrons. The number of rotatable bonds is 2. The van der Waals surface area contributed by atoms with Gasteiger partial charge >= 0.3 is 0 Å². The van der Waals surface area contributed by atoms with Crippen molar-refractivity contribution in [3.8, 4) is 11.3 Å². The van der Waals surface area contributed by atoms with Crippen LogP contribution in [0.15, 0.2) is 42.6 Å². The van der Waals surface area contributed by atoms with Crippen LogP contribution in [0.4, 0.5) is 0 Å². The molecule has 1 radical (unpaired) electrons. The van der Waals surface area contributed by atoms with Gasteiger partial charge < -0.3 is 4.98 Å². The summed E-state index contributed by atoms with van der Waals surface area (Å²) in [6.07, 6.45) is 9.10. The molecule has 0 atom stereocenters. The third-order valence-corrected chi connectivity index (χ3v) is 5.10. The Labute approximate surface area is 134 Å². The van der Waals surface area contributed by atoms with E-state index in [1.807, 2.05) is 18.2 Å². The monoisotopic (exact) mass is 441 g/mol. The summed E-state index contributed by atoms with van der Waals surface area (Å²) in [6, 6.07) is 15.8. The predicted octanol–water partition coefficient (Wildman–Crippen LogP) is 4.38. The van der Waals surface area contributed by atoms with Gasteiger partial charge in [0.1, 0.15) is 0 Å². The molecule has 0 unspecified atom stereocenters. The van der Waals surface area contributed by atoms with E-state index in [1.165, 1.54) is 37.7 Å². The van der Waals surface area contributed by atoms with Crippen molar-refractivity contribution in [2.24, 2.45) is 5.92 Å². The first-order valence-corrected chi connectivity index (χ1v) is 7.29. The smallest absolute Gasteiger partial charge is 0.0198 e. The Morgan fingerprint density at radius 2 is 1.95 bits per heavy atom. The van der Waals surface area contributed by atoms with E-state index in [4.69, 9.17) is 0 Å². The number of benzene rings is 1. The average molecular weight is 441 g/mol. The maximum Gasteiger partial charge on any atom is 0.0198 e. The van der Waals surface area contributed by atoms with Crippen LogP contribution >= 0.6 is 0 Å². The molecule has 2 aliphatic carbocycles. The summed E-state index contributed by atoms with van der Waals surface area (Å²) in [6.45, 7) is 0. The Hall–Kier alpha value is -0.981. The second-order valence-electron chi connectivity index (χ2n) is 6.14. The van der Waals surface area contributed by atoms with Crippen LogP contribution < -0.4 is 0 Å². The van der Waals surface area contributed by atoms with Crippen LogP contribution in [0.25, 0.3) is 11.3 Å². The van der Waals surface area contributed by atoms with E-state index in [1.54, 1.807) is 0 Å². The maximum atomic E-state index is 4.67. The van der Waals surface area contributed by atoms with Gasteiger partial charge in [-0.15, -0.1) is 35.9 Å². The molecular formula is C18H18IrN-. The topological polar surface area (TPSA) is 12.9 Å². The number of pyridine rings is 1. The molecule has 2 aliphatic rings. The Balaban J connectivity index is 0.00000121. The Morgan fingerprint density at radius 1 is 1.10 bits per heavy atom. The minimum atomic E-state index is 0.